The van der Waals surface area contributed by atoms with Crippen LogP contribution in [0.5, 0.6) is 0 Å². The summed E-state index contributed by atoms with van der Waals surface area (Å²) in [4.78, 5) is 0. The summed E-state index contributed by atoms with van der Waals surface area (Å²) in [7, 11) is 0. The third-order valence-corrected chi connectivity index (χ3v) is 5.10. The number of hydrogen-bond donors (Lipinski definition) is 1. The minimum atomic E-state index is 0.0856. The zero-order valence-corrected chi connectivity index (χ0v) is 15.8. The molecular weight excluding hydrogens is 254 g/mol. The summed E-state index contributed by atoms with van der Waals surface area (Å²) in [5.41, 5.74) is 7.45. The Bertz CT molecular complexity index is 194. The highest BCUT2D eigenvalue weighted by molar-refractivity contribution is 4.91. The first-order valence-electron chi connectivity index (χ1n) is 9.74. The summed E-state index contributed by atoms with van der Waals surface area (Å²) >= 11 is 0. The molecule has 2 N–H and O–H groups in total. The zero-order valence-electron chi connectivity index (χ0n) is 15.8. The van der Waals surface area contributed by atoms with Crippen molar-refractivity contribution in [2.45, 2.75) is 124 Å². The van der Waals surface area contributed by atoms with Crippen molar-refractivity contribution in [1.29, 1.82) is 0 Å². The zero-order chi connectivity index (χ0) is 16.2. The van der Waals surface area contributed by atoms with E-state index in [4.69, 9.17) is 5.73 Å². The molecule has 1 nitrogen and oxygen atoms in total. The van der Waals surface area contributed by atoms with Crippen LogP contribution < -0.4 is 5.73 Å². The molecule has 0 aromatic rings. The maximum atomic E-state index is 6.90. The molecule has 0 aromatic heterocycles. The summed E-state index contributed by atoms with van der Waals surface area (Å²) in [6.45, 7) is 11.7. The third kappa shape index (κ3) is 9.55. The third-order valence-electron chi connectivity index (χ3n) is 5.10. The molecule has 0 unspecified atom stereocenters. The van der Waals surface area contributed by atoms with Crippen LogP contribution in [-0.2, 0) is 0 Å². The lowest BCUT2D eigenvalue weighted by Crippen LogP contribution is -2.44. The van der Waals surface area contributed by atoms with Crippen molar-refractivity contribution in [3.05, 3.63) is 0 Å². The fraction of sp³-hybridized carbons (Fsp3) is 1.00. The predicted molar refractivity (Wildman–Crippen MR) is 97.7 cm³/mol. The average molecular weight is 298 g/mol. The van der Waals surface area contributed by atoms with Gasteiger partial charge in [0, 0.05) is 5.54 Å². The minimum Gasteiger partial charge on any atom is -0.325 e. The van der Waals surface area contributed by atoms with Gasteiger partial charge in [-0.3, -0.25) is 0 Å². The molecule has 0 spiro atoms. The maximum Gasteiger partial charge on any atom is 0.0159 e. The normalized spacial score (nSPS) is 12.9. The lowest BCUT2D eigenvalue weighted by molar-refractivity contribution is 0.155. The highest BCUT2D eigenvalue weighted by Gasteiger charge is 2.34. The van der Waals surface area contributed by atoms with Crippen LogP contribution in [-0.4, -0.2) is 5.54 Å². The van der Waals surface area contributed by atoms with Crippen molar-refractivity contribution in [3.8, 4) is 0 Å². The van der Waals surface area contributed by atoms with Crippen molar-refractivity contribution in [2.75, 3.05) is 0 Å². The van der Waals surface area contributed by atoms with Crippen LogP contribution in [0, 0.1) is 5.41 Å². The van der Waals surface area contributed by atoms with Crippen LogP contribution >= 0.6 is 0 Å². The van der Waals surface area contributed by atoms with E-state index in [1.54, 1.807) is 0 Å². The number of nitrogens with two attached hydrogens (primary N) is 1. The smallest absolute Gasteiger partial charge is 0.0159 e. The molecule has 0 aromatic carbocycles. The molecule has 0 radical (unpaired) electrons. The molecule has 128 valence electrons. The maximum absolute atomic E-state index is 6.90. The Morgan fingerprint density at radius 1 is 0.619 bits per heavy atom. The van der Waals surface area contributed by atoms with Gasteiger partial charge in [-0.25, -0.2) is 0 Å². The van der Waals surface area contributed by atoms with Crippen LogP contribution in [0.1, 0.15) is 118 Å². The number of unbranched alkanes of at least 4 members (excludes halogenated alkanes) is 4. The summed E-state index contributed by atoms with van der Waals surface area (Å²) in [6, 6.07) is 0. The van der Waals surface area contributed by atoms with E-state index in [9.17, 15) is 0 Å². The van der Waals surface area contributed by atoms with E-state index < -0.39 is 0 Å². The van der Waals surface area contributed by atoms with Gasteiger partial charge in [-0.05, 0) is 37.5 Å². The van der Waals surface area contributed by atoms with Crippen molar-refractivity contribution in [1.82, 2.24) is 0 Å². The van der Waals surface area contributed by atoms with Gasteiger partial charge in [-0.2, -0.15) is 0 Å². The Labute approximate surface area is 135 Å². The van der Waals surface area contributed by atoms with Crippen molar-refractivity contribution in [3.63, 3.8) is 0 Å². The molecule has 1 heteroatoms. The van der Waals surface area contributed by atoms with Gasteiger partial charge in [-0.15, -0.1) is 0 Å². The van der Waals surface area contributed by atoms with Crippen LogP contribution in [0.15, 0.2) is 0 Å². The van der Waals surface area contributed by atoms with E-state index in [1.807, 2.05) is 0 Å². The summed E-state index contributed by atoms with van der Waals surface area (Å²) in [5, 5.41) is 0. The average Bonchev–Trinajstić information content (AvgIpc) is 2.47. The van der Waals surface area contributed by atoms with Crippen LogP contribution in [0.2, 0.25) is 0 Å². The minimum absolute atomic E-state index is 0.0856. The van der Waals surface area contributed by atoms with Gasteiger partial charge >= 0.3 is 0 Å². The van der Waals surface area contributed by atoms with Crippen LogP contribution in [0.25, 0.3) is 0 Å². The van der Waals surface area contributed by atoms with E-state index >= 15 is 0 Å². The second-order valence-electron chi connectivity index (χ2n) is 7.76. The van der Waals surface area contributed by atoms with Crippen molar-refractivity contribution in [2.24, 2.45) is 11.1 Å². The van der Waals surface area contributed by atoms with Gasteiger partial charge in [-0.1, -0.05) is 86.0 Å². The first-order valence-corrected chi connectivity index (χ1v) is 9.74. The van der Waals surface area contributed by atoms with Gasteiger partial charge in [0.25, 0.3) is 0 Å². The Kier molecular flexibility index (Phi) is 11.5. The molecule has 0 fully saturated rings. The first kappa shape index (κ1) is 21.0. The standard InChI is InChI=1S/C20H43N/c1-6-10-14-19(5,15-11-7-2)18-20(21,16-12-8-3)17-13-9-4/h6-18,21H2,1-5H3. The van der Waals surface area contributed by atoms with Crippen molar-refractivity contribution < 1.29 is 0 Å². The predicted octanol–water partition coefficient (Wildman–Crippen LogP) is 6.84. The monoisotopic (exact) mass is 297 g/mol. The molecule has 0 heterocycles. The fourth-order valence-electron chi connectivity index (χ4n) is 3.72. The highest BCUT2D eigenvalue weighted by Crippen LogP contribution is 2.40. The molecular formula is C20H43N. The Morgan fingerprint density at radius 3 is 1.29 bits per heavy atom. The molecule has 0 bridgehead atoms. The molecule has 0 amide bonds. The first-order chi connectivity index (χ1) is 9.95. The number of rotatable bonds is 14. The summed E-state index contributed by atoms with van der Waals surface area (Å²) < 4.78 is 0. The molecule has 0 aliphatic heterocycles. The Hall–Kier alpha value is -0.0400. The second kappa shape index (κ2) is 11.5. The molecule has 0 saturated heterocycles. The Balaban J connectivity index is 4.80. The highest BCUT2D eigenvalue weighted by atomic mass is 14.7. The number of hydrogen-bond acceptors (Lipinski definition) is 1. The largest absolute Gasteiger partial charge is 0.325 e. The topological polar surface area (TPSA) is 26.0 Å². The summed E-state index contributed by atoms with van der Waals surface area (Å²) in [5.74, 6) is 0. The van der Waals surface area contributed by atoms with E-state index in [0.29, 0.717) is 5.41 Å². The summed E-state index contributed by atoms with van der Waals surface area (Å²) in [6.07, 6.45) is 16.9. The second-order valence-corrected chi connectivity index (χ2v) is 7.76. The van der Waals surface area contributed by atoms with Gasteiger partial charge in [0.2, 0.25) is 0 Å². The molecule has 0 rings (SSSR count). The van der Waals surface area contributed by atoms with Gasteiger partial charge < -0.3 is 5.73 Å². The van der Waals surface area contributed by atoms with Gasteiger partial charge in [0.1, 0.15) is 0 Å². The van der Waals surface area contributed by atoms with Gasteiger partial charge in [0.15, 0.2) is 0 Å². The van der Waals surface area contributed by atoms with E-state index in [0.717, 1.165) is 0 Å². The molecule has 0 aliphatic rings. The SMILES string of the molecule is CCCCC(C)(CCCC)CC(N)(CCCC)CCCC. The quantitative estimate of drug-likeness (QED) is 0.373. The van der Waals surface area contributed by atoms with E-state index in [1.165, 1.54) is 83.5 Å². The van der Waals surface area contributed by atoms with E-state index in [2.05, 4.69) is 34.6 Å². The molecule has 0 saturated carbocycles. The Morgan fingerprint density at radius 2 is 0.952 bits per heavy atom. The molecule has 0 aliphatic carbocycles. The van der Waals surface area contributed by atoms with E-state index in [-0.39, 0.29) is 5.54 Å². The molecule has 21 heavy (non-hydrogen) atoms. The van der Waals surface area contributed by atoms with Gasteiger partial charge in [0.05, 0.1) is 0 Å². The van der Waals surface area contributed by atoms with Crippen molar-refractivity contribution >= 4 is 0 Å². The lowest BCUT2D eigenvalue weighted by Gasteiger charge is -2.40. The van der Waals surface area contributed by atoms with Crippen LogP contribution in [0.3, 0.4) is 0 Å². The lowest BCUT2D eigenvalue weighted by atomic mass is 9.68. The van der Waals surface area contributed by atoms with Crippen LogP contribution in [0.4, 0.5) is 0 Å². The fourth-order valence-corrected chi connectivity index (χ4v) is 3.72. The molecule has 0 atom stereocenters.